The summed E-state index contributed by atoms with van der Waals surface area (Å²) in [6, 6.07) is 17.0. The Bertz CT molecular complexity index is 707. The Balaban J connectivity index is 1.77. The number of quaternary nitrogens is 1. The normalized spacial score (nSPS) is 16.8. The van der Waals surface area contributed by atoms with Crippen LogP contribution in [0, 0.1) is 13.8 Å². The predicted octanol–water partition coefficient (Wildman–Crippen LogP) is 5.01. The topological polar surface area (TPSA) is 17.1 Å². The average Bonchev–Trinajstić information content (AvgIpc) is 2.85. The van der Waals surface area contributed by atoms with Gasteiger partial charge in [0.25, 0.3) is 0 Å². The first-order valence-corrected chi connectivity index (χ1v) is 10.0. The van der Waals surface area contributed by atoms with Crippen LogP contribution in [0.4, 0.5) is 0 Å². The quantitative estimate of drug-likeness (QED) is 0.670. The standard InChI is InChI=1S/C24H32NO/c1-20-11-10-12-21(2)24(20)17-23(26)19-25(15-8-3-4-9-16-25)18-22-13-6-5-7-14-22/h5-7,10-14H,3-4,8-9,15-19H2,1-2H3/q+1. The van der Waals surface area contributed by atoms with Crippen LogP contribution in [-0.4, -0.2) is 29.9 Å². The second-order valence-corrected chi connectivity index (χ2v) is 8.09. The predicted molar refractivity (Wildman–Crippen MR) is 108 cm³/mol. The molecule has 2 nitrogen and oxygen atoms in total. The molecule has 3 rings (SSSR count). The fourth-order valence-electron chi connectivity index (χ4n) is 4.46. The second-order valence-electron chi connectivity index (χ2n) is 8.09. The average molecular weight is 351 g/mol. The highest BCUT2D eigenvalue weighted by Crippen LogP contribution is 2.23. The lowest BCUT2D eigenvalue weighted by Gasteiger charge is -2.37. The molecule has 26 heavy (non-hydrogen) atoms. The molecule has 1 aliphatic heterocycles. The number of Topliss-reactive ketones (excluding diaryl/α,β-unsaturated/α-hetero) is 1. The monoisotopic (exact) mass is 350 g/mol. The van der Waals surface area contributed by atoms with E-state index >= 15 is 0 Å². The number of carbonyl (C=O) groups excluding carboxylic acids is 1. The largest absolute Gasteiger partial charge is 0.314 e. The highest BCUT2D eigenvalue weighted by atomic mass is 16.1. The summed E-state index contributed by atoms with van der Waals surface area (Å²) in [4.78, 5) is 13.1. The van der Waals surface area contributed by atoms with Gasteiger partial charge in [0.1, 0.15) is 13.1 Å². The molecule has 2 aromatic rings. The molecule has 0 bridgehead atoms. The third-order valence-electron chi connectivity index (χ3n) is 5.91. The maximum Gasteiger partial charge on any atom is 0.191 e. The fourth-order valence-corrected chi connectivity index (χ4v) is 4.46. The third kappa shape index (κ3) is 4.82. The number of benzene rings is 2. The lowest BCUT2D eigenvalue weighted by Crippen LogP contribution is -2.51. The molecule has 0 N–H and O–H groups in total. The molecule has 2 aromatic carbocycles. The SMILES string of the molecule is Cc1cccc(C)c1CC(=O)C[N+]1(Cc2ccccc2)CCCCCC1. The number of ketones is 1. The van der Waals surface area contributed by atoms with Gasteiger partial charge in [-0.15, -0.1) is 0 Å². The summed E-state index contributed by atoms with van der Waals surface area (Å²) in [6.07, 6.45) is 5.67. The van der Waals surface area contributed by atoms with Crippen molar-refractivity contribution in [3.63, 3.8) is 0 Å². The van der Waals surface area contributed by atoms with Gasteiger partial charge in [-0.25, -0.2) is 0 Å². The van der Waals surface area contributed by atoms with E-state index in [4.69, 9.17) is 0 Å². The van der Waals surface area contributed by atoms with Crippen molar-refractivity contribution in [3.05, 3.63) is 70.8 Å². The highest BCUT2D eigenvalue weighted by Gasteiger charge is 2.31. The van der Waals surface area contributed by atoms with Gasteiger partial charge in [-0.1, -0.05) is 48.5 Å². The molecule has 0 unspecified atom stereocenters. The summed E-state index contributed by atoms with van der Waals surface area (Å²) < 4.78 is 0.938. The van der Waals surface area contributed by atoms with E-state index in [1.807, 2.05) is 0 Å². The first-order chi connectivity index (χ1) is 12.6. The number of hydrogen-bond donors (Lipinski definition) is 0. The van der Waals surface area contributed by atoms with E-state index < -0.39 is 0 Å². The van der Waals surface area contributed by atoms with E-state index in [0.717, 1.165) is 24.1 Å². The molecular formula is C24H32NO+. The molecule has 0 saturated carbocycles. The van der Waals surface area contributed by atoms with Gasteiger partial charge >= 0.3 is 0 Å². The van der Waals surface area contributed by atoms with Gasteiger partial charge in [0.05, 0.1) is 13.1 Å². The second kappa shape index (κ2) is 8.64. The fraction of sp³-hybridized carbons (Fsp3) is 0.458. The lowest BCUT2D eigenvalue weighted by molar-refractivity contribution is -0.932. The van der Waals surface area contributed by atoms with Gasteiger partial charge in [-0.3, -0.25) is 4.79 Å². The van der Waals surface area contributed by atoms with E-state index in [1.54, 1.807) is 0 Å². The van der Waals surface area contributed by atoms with Crippen LogP contribution >= 0.6 is 0 Å². The Morgan fingerprint density at radius 1 is 0.846 bits per heavy atom. The zero-order valence-corrected chi connectivity index (χ0v) is 16.3. The molecule has 1 saturated heterocycles. The highest BCUT2D eigenvalue weighted by molar-refractivity contribution is 5.82. The van der Waals surface area contributed by atoms with Crippen LogP contribution in [0.15, 0.2) is 48.5 Å². The molecule has 0 amide bonds. The van der Waals surface area contributed by atoms with E-state index in [1.165, 1.54) is 47.9 Å². The van der Waals surface area contributed by atoms with E-state index in [2.05, 4.69) is 62.4 Å². The Labute approximate surface area is 158 Å². The number of carbonyl (C=O) groups is 1. The summed E-state index contributed by atoms with van der Waals surface area (Å²) >= 11 is 0. The van der Waals surface area contributed by atoms with Crippen LogP contribution in [0.2, 0.25) is 0 Å². The van der Waals surface area contributed by atoms with Gasteiger partial charge < -0.3 is 4.48 Å². The molecule has 0 atom stereocenters. The van der Waals surface area contributed by atoms with E-state index in [9.17, 15) is 4.79 Å². The van der Waals surface area contributed by atoms with Crippen molar-refractivity contribution in [2.24, 2.45) is 0 Å². The molecule has 0 radical (unpaired) electrons. The molecule has 1 heterocycles. The van der Waals surface area contributed by atoms with Crippen molar-refractivity contribution < 1.29 is 9.28 Å². The van der Waals surface area contributed by atoms with Crippen LogP contribution in [0.25, 0.3) is 0 Å². The number of rotatable bonds is 6. The number of likely N-dealkylation sites (tertiary alicyclic amines) is 1. The zero-order chi connectivity index (χ0) is 18.4. The van der Waals surface area contributed by atoms with Crippen LogP contribution in [0.3, 0.4) is 0 Å². The smallest absolute Gasteiger partial charge is 0.191 e. The Morgan fingerprint density at radius 3 is 2.08 bits per heavy atom. The van der Waals surface area contributed by atoms with Crippen molar-refractivity contribution in [2.45, 2.75) is 52.5 Å². The summed E-state index contributed by atoms with van der Waals surface area (Å²) in [5, 5.41) is 0. The minimum absolute atomic E-state index is 0.389. The molecule has 1 fully saturated rings. The minimum Gasteiger partial charge on any atom is -0.314 e. The molecule has 2 heteroatoms. The molecule has 0 spiro atoms. The maximum atomic E-state index is 13.1. The summed E-state index contributed by atoms with van der Waals surface area (Å²) in [5.41, 5.74) is 5.06. The molecule has 0 aromatic heterocycles. The minimum atomic E-state index is 0.389. The van der Waals surface area contributed by atoms with Crippen LogP contribution in [0.1, 0.15) is 47.9 Å². The summed E-state index contributed by atoms with van der Waals surface area (Å²) in [5.74, 6) is 0.389. The van der Waals surface area contributed by atoms with Crippen molar-refractivity contribution >= 4 is 5.78 Å². The van der Waals surface area contributed by atoms with Gasteiger partial charge in [-0.05, 0) is 56.2 Å². The van der Waals surface area contributed by atoms with Crippen molar-refractivity contribution in [1.29, 1.82) is 0 Å². The Hall–Kier alpha value is -1.93. The molecule has 1 aliphatic rings. The van der Waals surface area contributed by atoms with Crippen LogP contribution in [0.5, 0.6) is 0 Å². The van der Waals surface area contributed by atoms with Crippen molar-refractivity contribution in [3.8, 4) is 0 Å². The van der Waals surface area contributed by atoms with E-state index in [-0.39, 0.29) is 0 Å². The van der Waals surface area contributed by atoms with Gasteiger partial charge in [0.2, 0.25) is 0 Å². The summed E-state index contributed by atoms with van der Waals surface area (Å²) in [7, 11) is 0. The van der Waals surface area contributed by atoms with E-state index in [0.29, 0.717) is 18.7 Å². The molecular weight excluding hydrogens is 318 g/mol. The van der Waals surface area contributed by atoms with Gasteiger partial charge in [0.15, 0.2) is 5.78 Å². The summed E-state index contributed by atoms with van der Waals surface area (Å²) in [6.45, 7) is 8.16. The lowest BCUT2D eigenvalue weighted by atomic mass is 9.97. The number of aryl methyl sites for hydroxylation is 2. The molecule has 138 valence electrons. The van der Waals surface area contributed by atoms with Crippen LogP contribution in [-0.2, 0) is 17.8 Å². The zero-order valence-electron chi connectivity index (χ0n) is 16.3. The first-order valence-electron chi connectivity index (χ1n) is 10.0. The first kappa shape index (κ1) is 18.8. The van der Waals surface area contributed by atoms with Crippen LogP contribution < -0.4 is 0 Å². The van der Waals surface area contributed by atoms with Crippen molar-refractivity contribution in [2.75, 3.05) is 19.6 Å². The number of hydrogen-bond acceptors (Lipinski definition) is 1. The Kier molecular flexibility index (Phi) is 6.26. The Morgan fingerprint density at radius 2 is 1.46 bits per heavy atom. The molecule has 0 aliphatic carbocycles. The van der Waals surface area contributed by atoms with Gasteiger partial charge in [0, 0.05) is 12.0 Å². The third-order valence-corrected chi connectivity index (χ3v) is 5.91. The number of nitrogens with zero attached hydrogens (tertiary/aromatic N) is 1. The van der Waals surface area contributed by atoms with Gasteiger partial charge in [-0.2, -0.15) is 0 Å². The van der Waals surface area contributed by atoms with Crippen molar-refractivity contribution in [1.82, 2.24) is 0 Å². The maximum absolute atomic E-state index is 13.1.